The summed E-state index contributed by atoms with van der Waals surface area (Å²) in [6, 6.07) is 6.56. The van der Waals surface area contributed by atoms with Crippen molar-refractivity contribution in [3.63, 3.8) is 0 Å². The van der Waals surface area contributed by atoms with Gasteiger partial charge in [0.15, 0.2) is 5.58 Å². The van der Waals surface area contributed by atoms with Gasteiger partial charge in [-0.25, -0.2) is 17.6 Å². The molecule has 1 aromatic heterocycles. The molecule has 8 nitrogen and oxygen atoms in total. The molecule has 0 spiro atoms. The molecule has 31 heavy (non-hydrogen) atoms. The molecule has 3 aromatic rings. The molecule has 0 saturated carbocycles. The lowest BCUT2D eigenvalue weighted by Gasteiger charge is -2.18. The second-order valence-corrected chi connectivity index (χ2v) is 9.74. The average Bonchev–Trinajstić information content (AvgIpc) is 3.01. The lowest BCUT2D eigenvalue weighted by atomic mass is 10.2. The number of nitrogens with zero attached hydrogens (tertiary/aromatic N) is 1. The Kier molecular flexibility index (Phi) is 7.10. The molecule has 1 heterocycles. The molecule has 166 valence electrons. The summed E-state index contributed by atoms with van der Waals surface area (Å²) in [5.74, 6) is -1.36. The summed E-state index contributed by atoms with van der Waals surface area (Å²) in [6.07, 6.45) is 2.04. The molecule has 12 heteroatoms. The van der Waals surface area contributed by atoms with E-state index in [1.165, 1.54) is 53.7 Å². The number of hydrogen-bond donors (Lipinski definition) is 2. The second-order valence-electron chi connectivity index (χ2n) is 6.63. The molecule has 1 amide bonds. The molecule has 0 aliphatic heterocycles. The molecule has 2 N–H and O–H groups in total. The minimum Gasteiger partial charge on any atom is -0.408 e. The molecular formula is C19H19ClFN3O5S2. The number of aromatic nitrogens is 1. The highest BCUT2D eigenvalue weighted by Crippen LogP contribution is 2.21. The third-order valence-electron chi connectivity index (χ3n) is 4.49. The fourth-order valence-electron chi connectivity index (χ4n) is 2.82. The number of rotatable bonds is 8. The quantitative estimate of drug-likeness (QED) is 0.505. The molecule has 2 aromatic carbocycles. The van der Waals surface area contributed by atoms with Gasteiger partial charge in [-0.05, 0) is 48.8 Å². The normalized spacial score (nSPS) is 12.8. The number of nitrogens with one attached hydrogen (secondary N) is 2. The van der Waals surface area contributed by atoms with E-state index in [0.717, 1.165) is 6.07 Å². The number of fused-ring (bicyclic) bond motifs is 1. The van der Waals surface area contributed by atoms with E-state index in [1.807, 2.05) is 6.26 Å². The van der Waals surface area contributed by atoms with Gasteiger partial charge in [-0.3, -0.25) is 9.36 Å². The van der Waals surface area contributed by atoms with Crippen molar-refractivity contribution in [3.8, 4) is 0 Å². The predicted octanol–water partition coefficient (Wildman–Crippen LogP) is 2.96. The molecular weight excluding hydrogens is 469 g/mol. The Balaban J connectivity index is 1.85. The van der Waals surface area contributed by atoms with Crippen LogP contribution in [-0.2, 0) is 21.9 Å². The number of oxazole rings is 1. The third kappa shape index (κ3) is 5.29. The highest BCUT2D eigenvalue weighted by Gasteiger charge is 2.26. The van der Waals surface area contributed by atoms with Crippen LogP contribution in [0.4, 0.5) is 10.1 Å². The van der Waals surface area contributed by atoms with Gasteiger partial charge in [-0.15, -0.1) is 0 Å². The molecule has 1 unspecified atom stereocenters. The van der Waals surface area contributed by atoms with Gasteiger partial charge in [0, 0.05) is 18.8 Å². The van der Waals surface area contributed by atoms with Crippen molar-refractivity contribution in [3.05, 3.63) is 57.8 Å². The molecule has 0 radical (unpaired) electrons. The first-order valence-corrected chi connectivity index (χ1v) is 12.2. The van der Waals surface area contributed by atoms with Crippen LogP contribution in [0.15, 0.2) is 50.5 Å². The van der Waals surface area contributed by atoms with Gasteiger partial charge in [0.2, 0.25) is 15.9 Å². The van der Waals surface area contributed by atoms with Crippen LogP contribution in [0, 0.1) is 5.82 Å². The Bertz CT molecular complexity index is 1290. The maximum Gasteiger partial charge on any atom is 0.419 e. The largest absolute Gasteiger partial charge is 0.419 e. The summed E-state index contributed by atoms with van der Waals surface area (Å²) in [5, 5.41) is 2.37. The monoisotopic (exact) mass is 487 g/mol. The zero-order chi connectivity index (χ0) is 22.8. The van der Waals surface area contributed by atoms with Gasteiger partial charge in [0.05, 0.1) is 15.4 Å². The van der Waals surface area contributed by atoms with E-state index in [9.17, 15) is 22.4 Å². The Labute approximate surface area is 186 Å². The van der Waals surface area contributed by atoms with Crippen molar-refractivity contribution in [2.24, 2.45) is 7.05 Å². The van der Waals surface area contributed by atoms with Crippen molar-refractivity contribution < 1.29 is 22.0 Å². The van der Waals surface area contributed by atoms with Crippen molar-refractivity contribution in [2.45, 2.75) is 17.4 Å². The first-order chi connectivity index (χ1) is 14.6. The first kappa shape index (κ1) is 23.3. The van der Waals surface area contributed by atoms with Gasteiger partial charge >= 0.3 is 5.76 Å². The number of benzene rings is 2. The van der Waals surface area contributed by atoms with E-state index >= 15 is 0 Å². The highest BCUT2D eigenvalue weighted by atomic mass is 35.5. The topological polar surface area (TPSA) is 110 Å². The molecule has 1 atom stereocenters. The van der Waals surface area contributed by atoms with Crippen molar-refractivity contribution in [1.82, 2.24) is 9.29 Å². The first-order valence-electron chi connectivity index (χ1n) is 8.99. The van der Waals surface area contributed by atoms with E-state index in [1.54, 1.807) is 0 Å². The van der Waals surface area contributed by atoms with Crippen molar-refractivity contribution in [2.75, 3.05) is 17.3 Å². The van der Waals surface area contributed by atoms with Crippen LogP contribution in [0.1, 0.15) is 6.42 Å². The Hall–Kier alpha value is -2.34. The number of hydrogen-bond acceptors (Lipinski definition) is 6. The minimum absolute atomic E-state index is 0.112. The van der Waals surface area contributed by atoms with E-state index in [-0.39, 0.29) is 27.6 Å². The van der Waals surface area contributed by atoms with Crippen LogP contribution in [0.25, 0.3) is 11.1 Å². The maximum atomic E-state index is 13.3. The number of anilines is 1. The molecule has 0 aliphatic rings. The molecule has 3 rings (SSSR count). The Morgan fingerprint density at radius 3 is 2.71 bits per heavy atom. The van der Waals surface area contributed by atoms with Crippen LogP contribution in [0.3, 0.4) is 0 Å². The van der Waals surface area contributed by atoms with Crippen molar-refractivity contribution >= 4 is 56.1 Å². The SMILES string of the molecule is CSCCC(NS(=O)(=O)c1ccc2c(c1)oc(=O)n2C)C(=O)Nc1ccc(F)c(Cl)c1. The smallest absolute Gasteiger partial charge is 0.408 e. The number of halogens is 2. The summed E-state index contributed by atoms with van der Waals surface area (Å²) in [5.41, 5.74) is 0.785. The number of carbonyl (C=O) groups is 1. The Morgan fingerprint density at radius 2 is 2.03 bits per heavy atom. The Morgan fingerprint density at radius 1 is 1.29 bits per heavy atom. The standard InChI is InChI=1S/C19H19ClFN3O5S2/c1-24-16-6-4-12(10-17(16)29-19(24)26)31(27,28)23-15(7-8-30-2)18(25)22-11-3-5-14(21)13(20)9-11/h3-6,9-10,15,23H,7-8H2,1-2H3,(H,22,25). The maximum absolute atomic E-state index is 13.3. The van der Waals surface area contributed by atoms with E-state index < -0.39 is 33.5 Å². The summed E-state index contributed by atoms with van der Waals surface area (Å²) in [4.78, 5) is 24.2. The van der Waals surface area contributed by atoms with Crippen LogP contribution >= 0.6 is 23.4 Å². The van der Waals surface area contributed by atoms with Gasteiger partial charge in [-0.2, -0.15) is 16.5 Å². The molecule has 0 bridgehead atoms. The van der Waals surface area contributed by atoms with Gasteiger partial charge in [0.25, 0.3) is 0 Å². The minimum atomic E-state index is -4.11. The van der Waals surface area contributed by atoms with Crippen LogP contribution < -0.4 is 15.8 Å². The highest BCUT2D eigenvalue weighted by molar-refractivity contribution is 7.98. The lowest BCUT2D eigenvalue weighted by molar-refractivity contribution is -0.117. The second kappa shape index (κ2) is 9.43. The van der Waals surface area contributed by atoms with Gasteiger partial charge < -0.3 is 9.73 Å². The third-order valence-corrected chi connectivity index (χ3v) is 6.89. The summed E-state index contributed by atoms with van der Waals surface area (Å²) >= 11 is 7.18. The summed E-state index contributed by atoms with van der Waals surface area (Å²) in [7, 11) is -2.61. The molecule has 0 aliphatic carbocycles. The zero-order valence-electron chi connectivity index (χ0n) is 16.5. The predicted molar refractivity (Wildman–Crippen MR) is 119 cm³/mol. The van der Waals surface area contributed by atoms with Crippen molar-refractivity contribution in [1.29, 1.82) is 0 Å². The summed E-state index contributed by atoms with van der Waals surface area (Å²) < 4.78 is 47.8. The number of aryl methyl sites for hydroxylation is 1. The number of sulfonamides is 1. The van der Waals surface area contributed by atoms with Crippen LogP contribution in [-0.4, -0.2) is 36.9 Å². The van der Waals surface area contributed by atoms with Crippen LogP contribution in [0.5, 0.6) is 0 Å². The number of amides is 1. The number of carbonyl (C=O) groups excluding carboxylic acids is 1. The zero-order valence-corrected chi connectivity index (χ0v) is 18.9. The van der Waals surface area contributed by atoms with Gasteiger partial charge in [-0.1, -0.05) is 11.6 Å². The lowest BCUT2D eigenvalue weighted by Crippen LogP contribution is -2.44. The average molecular weight is 488 g/mol. The fraction of sp³-hybridized carbons (Fsp3) is 0.263. The van der Waals surface area contributed by atoms with E-state index in [0.29, 0.717) is 11.3 Å². The molecule has 0 fully saturated rings. The van der Waals surface area contributed by atoms with Crippen LogP contribution in [0.2, 0.25) is 5.02 Å². The van der Waals surface area contributed by atoms with E-state index in [2.05, 4.69) is 10.0 Å². The number of thioether (sulfide) groups is 1. The summed E-state index contributed by atoms with van der Waals surface area (Å²) in [6.45, 7) is 0. The van der Waals surface area contributed by atoms with E-state index in [4.69, 9.17) is 16.0 Å². The van der Waals surface area contributed by atoms with Gasteiger partial charge in [0.1, 0.15) is 11.9 Å². The fourth-order valence-corrected chi connectivity index (χ4v) is 4.72. The molecule has 0 saturated heterocycles.